The molecular formula is C8H16O7. The minimum absolute atomic E-state index is 0.299. The number of aliphatic hydroxyl groups excluding tert-OH is 5. The van der Waals surface area contributed by atoms with Crippen LogP contribution in [0, 0.1) is 0 Å². The van der Waals surface area contributed by atoms with Gasteiger partial charge >= 0.3 is 0 Å². The fraction of sp³-hybridized carbons (Fsp3) is 1.00. The fourth-order valence-corrected chi connectivity index (χ4v) is 1.27. The number of aliphatic hydroxyl groups is 5. The largest absolute Gasteiger partial charge is 0.394 e. The molecule has 1 aliphatic rings. The Bertz CT molecular complexity index is 182. The lowest BCUT2D eigenvalue weighted by atomic mass is 10.0. The van der Waals surface area contributed by atoms with Gasteiger partial charge in [0.25, 0.3) is 0 Å². The molecule has 1 aliphatic heterocycles. The van der Waals surface area contributed by atoms with Crippen LogP contribution in [0.4, 0.5) is 0 Å². The third kappa shape index (κ3) is 3.08. The SMILES string of the molecule is OC[C@@H](O)[C@H](O)[C@H](O)[C@H](O)C1OCCO1. The van der Waals surface area contributed by atoms with E-state index in [-0.39, 0.29) is 0 Å². The van der Waals surface area contributed by atoms with Gasteiger partial charge in [-0.15, -0.1) is 0 Å². The molecule has 90 valence electrons. The molecule has 0 aromatic heterocycles. The van der Waals surface area contributed by atoms with Crippen LogP contribution in [0.3, 0.4) is 0 Å². The van der Waals surface area contributed by atoms with Gasteiger partial charge in [0.2, 0.25) is 0 Å². The van der Waals surface area contributed by atoms with Crippen molar-refractivity contribution in [3.05, 3.63) is 0 Å². The van der Waals surface area contributed by atoms with Gasteiger partial charge in [0.15, 0.2) is 6.29 Å². The van der Waals surface area contributed by atoms with Crippen LogP contribution in [0.5, 0.6) is 0 Å². The number of ether oxygens (including phenoxy) is 2. The Labute approximate surface area is 86.5 Å². The number of hydrogen-bond acceptors (Lipinski definition) is 7. The van der Waals surface area contributed by atoms with Crippen LogP contribution in [0.25, 0.3) is 0 Å². The van der Waals surface area contributed by atoms with Crippen molar-refractivity contribution in [3.8, 4) is 0 Å². The molecule has 0 aromatic carbocycles. The molecule has 0 spiro atoms. The van der Waals surface area contributed by atoms with Crippen LogP contribution >= 0.6 is 0 Å². The molecule has 1 saturated heterocycles. The maximum atomic E-state index is 9.48. The van der Waals surface area contributed by atoms with Crippen LogP contribution in [-0.4, -0.2) is 76.1 Å². The lowest BCUT2D eigenvalue weighted by Gasteiger charge is -2.27. The van der Waals surface area contributed by atoms with E-state index in [1.54, 1.807) is 0 Å². The van der Waals surface area contributed by atoms with Crippen LogP contribution in [0.1, 0.15) is 0 Å². The van der Waals surface area contributed by atoms with E-state index in [4.69, 9.17) is 19.7 Å². The van der Waals surface area contributed by atoms with Crippen LogP contribution in [0.2, 0.25) is 0 Å². The van der Waals surface area contributed by atoms with Gasteiger partial charge < -0.3 is 35.0 Å². The summed E-state index contributed by atoms with van der Waals surface area (Å²) >= 11 is 0. The maximum Gasteiger partial charge on any atom is 0.186 e. The molecule has 0 unspecified atom stereocenters. The van der Waals surface area contributed by atoms with Crippen LogP contribution in [0.15, 0.2) is 0 Å². The summed E-state index contributed by atoms with van der Waals surface area (Å²) in [6.07, 6.45) is -7.30. The van der Waals surface area contributed by atoms with E-state index >= 15 is 0 Å². The van der Waals surface area contributed by atoms with Gasteiger partial charge in [-0.25, -0.2) is 0 Å². The molecule has 15 heavy (non-hydrogen) atoms. The van der Waals surface area contributed by atoms with Gasteiger partial charge in [0, 0.05) is 0 Å². The van der Waals surface area contributed by atoms with Crippen molar-refractivity contribution in [2.75, 3.05) is 19.8 Å². The van der Waals surface area contributed by atoms with Gasteiger partial charge in [-0.1, -0.05) is 0 Å². The Morgan fingerprint density at radius 2 is 1.53 bits per heavy atom. The van der Waals surface area contributed by atoms with E-state index < -0.39 is 37.3 Å². The molecule has 1 fully saturated rings. The van der Waals surface area contributed by atoms with E-state index in [0.29, 0.717) is 13.2 Å². The van der Waals surface area contributed by atoms with Gasteiger partial charge in [-0.2, -0.15) is 0 Å². The summed E-state index contributed by atoms with van der Waals surface area (Å²) in [5.74, 6) is 0. The molecule has 0 radical (unpaired) electrons. The van der Waals surface area contributed by atoms with Gasteiger partial charge in [0.1, 0.15) is 24.4 Å². The lowest BCUT2D eigenvalue weighted by molar-refractivity contribution is -0.188. The second-order valence-electron chi connectivity index (χ2n) is 3.33. The zero-order valence-electron chi connectivity index (χ0n) is 8.06. The van der Waals surface area contributed by atoms with Gasteiger partial charge in [0.05, 0.1) is 19.8 Å². The van der Waals surface area contributed by atoms with Crippen LogP contribution < -0.4 is 0 Å². The number of hydrogen-bond donors (Lipinski definition) is 5. The van der Waals surface area contributed by atoms with Crippen molar-refractivity contribution < 1.29 is 35.0 Å². The van der Waals surface area contributed by atoms with E-state index in [1.165, 1.54) is 0 Å². The summed E-state index contributed by atoms with van der Waals surface area (Å²) in [5, 5.41) is 45.8. The van der Waals surface area contributed by atoms with Crippen molar-refractivity contribution in [2.24, 2.45) is 0 Å². The molecule has 7 nitrogen and oxygen atoms in total. The first-order valence-corrected chi connectivity index (χ1v) is 4.64. The average Bonchev–Trinajstić information content (AvgIpc) is 2.78. The third-order valence-electron chi connectivity index (χ3n) is 2.21. The summed E-state index contributed by atoms with van der Waals surface area (Å²) in [4.78, 5) is 0. The summed E-state index contributed by atoms with van der Waals surface area (Å²) < 4.78 is 9.82. The molecule has 0 amide bonds. The summed E-state index contributed by atoms with van der Waals surface area (Å²) in [7, 11) is 0. The van der Waals surface area contributed by atoms with Crippen molar-refractivity contribution in [3.63, 3.8) is 0 Å². The van der Waals surface area contributed by atoms with E-state index in [9.17, 15) is 15.3 Å². The van der Waals surface area contributed by atoms with Crippen molar-refractivity contribution >= 4 is 0 Å². The average molecular weight is 224 g/mol. The molecule has 5 N–H and O–H groups in total. The third-order valence-corrected chi connectivity index (χ3v) is 2.21. The highest BCUT2D eigenvalue weighted by Crippen LogP contribution is 2.15. The first-order chi connectivity index (χ1) is 7.07. The summed E-state index contributed by atoms with van der Waals surface area (Å²) in [6, 6.07) is 0. The van der Waals surface area contributed by atoms with E-state index in [0.717, 1.165) is 0 Å². The molecule has 1 heterocycles. The standard InChI is InChI=1S/C8H16O7/c9-3-4(10)5(11)6(12)7(13)8-14-1-2-15-8/h4-13H,1-3H2/t4-,5+,6+,7+/m1/s1. The Balaban J connectivity index is 2.46. The summed E-state index contributed by atoms with van der Waals surface area (Å²) in [6.45, 7) is -0.114. The second-order valence-corrected chi connectivity index (χ2v) is 3.33. The first-order valence-electron chi connectivity index (χ1n) is 4.64. The van der Waals surface area contributed by atoms with Gasteiger partial charge in [-0.3, -0.25) is 0 Å². The highest BCUT2D eigenvalue weighted by Gasteiger charge is 2.37. The van der Waals surface area contributed by atoms with Crippen molar-refractivity contribution in [1.29, 1.82) is 0 Å². The van der Waals surface area contributed by atoms with Gasteiger partial charge in [-0.05, 0) is 0 Å². The van der Waals surface area contributed by atoms with Crippen molar-refractivity contribution in [1.82, 2.24) is 0 Å². The van der Waals surface area contributed by atoms with E-state index in [1.807, 2.05) is 0 Å². The molecule has 0 aromatic rings. The quantitative estimate of drug-likeness (QED) is 0.333. The first kappa shape index (κ1) is 12.8. The normalized spacial score (nSPS) is 26.2. The minimum Gasteiger partial charge on any atom is -0.394 e. The lowest BCUT2D eigenvalue weighted by Crippen LogP contribution is -2.50. The fourth-order valence-electron chi connectivity index (χ4n) is 1.27. The maximum absolute atomic E-state index is 9.48. The Morgan fingerprint density at radius 3 is 2.00 bits per heavy atom. The molecular weight excluding hydrogens is 208 g/mol. The monoisotopic (exact) mass is 224 g/mol. The highest BCUT2D eigenvalue weighted by atomic mass is 16.7. The zero-order chi connectivity index (χ0) is 11.4. The zero-order valence-corrected chi connectivity index (χ0v) is 8.06. The molecule has 1 rings (SSSR count). The second kappa shape index (κ2) is 5.71. The van der Waals surface area contributed by atoms with E-state index in [2.05, 4.69) is 0 Å². The molecule has 4 atom stereocenters. The predicted molar refractivity (Wildman–Crippen MR) is 46.8 cm³/mol. The smallest absolute Gasteiger partial charge is 0.186 e. The predicted octanol–water partition coefficient (Wildman–Crippen LogP) is -3.20. The number of rotatable bonds is 5. The molecule has 0 bridgehead atoms. The van der Waals surface area contributed by atoms with Crippen molar-refractivity contribution in [2.45, 2.75) is 30.7 Å². The molecule has 0 saturated carbocycles. The minimum atomic E-state index is -1.65. The topological polar surface area (TPSA) is 120 Å². The van der Waals surface area contributed by atoms with Crippen LogP contribution in [-0.2, 0) is 9.47 Å². The Morgan fingerprint density at radius 1 is 1.00 bits per heavy atom. The highest BCUT2D eigenvalue weighted by molar-refractivity contribution is 4.83. The Kier molecular flexibility index (Phi) is 4.87. The molecule has 7 heteroatoms. The molecule has 0 aliphatic carbocycles. The Hall–Kier alpha value is -0.280. The summed E-state index contributed by atoms with van der Waals surface area (Å²) in [5.41, 5.74) is 0.